The van der Waals surface area contributed by atoms with Crippen molar-refractivity contribution in [3.05, 3.63) is 35.9 Å². The van der Waals surface area contributed by atoms with Crippen LogP contribution in [0.5, 0.6) is 0 Å². The number of hydrogen-bond donors (Lipinski definition) is 1. The van der Waals surface area contributed by atoms with Crippen molar-refractivity contribution in [3.8, 4) is 0 Å². The Balaban J connectivity index is 2.03. The Labute approximate surface area is 90.1 Å². The molecule has 1 aliphatic heterocycles. The lowest BCUT2D eigenvalue weighted by Crippen LogP contribution is -2.54. The lowest BCUT2D eigenvalue weighted by atomic mass is 10.0. The molecule has 1 saturated heterocycles. The lowest BCUT2D eigenvalue weighted by Gasteiger charge is -2.30. The minimum Gasteiger partial charge on any atom is -0.343 e. The lowest BCUT2D eigenvalue weighted by molar-refractivity contribution is -0.134. The first kappa shape index (κ1) is 10.2. The predicted octanol–water partition coefficient (Wildman–Crippen LogP) is 0.659. The molecule has 80 valence electrons. The van der Waals surface area contributed by atoms with Crippen LogP contribution in [-0.2, 0) is 11.2 Å². The van der Waals surface area contributed by atoms with Gasteiger partial charge in [-0.2, -0.15) is 0 Å². The van der Waals surface area contributed by atoms with Crippen molar-refractivity contribution in [1.29, 1.82) is 0 Å². The third-order valence-electron chi connectivity index (χ3n) is 2.79. The topological polar surface area (TPSA) is 32.3 Å². The van der Waals surface area contributed by atoms with Crippen LogP contribution < -0.4 is 5.32 Å². The Kier molecular flexibility index (Phi) is 3.02. The fourth-order valence-electron chi connectivity index (χ4n) is 1.88. The second-order valence-corrected chi connectivity index (χ2v) is 3.96. The number of amides is 1. The van der Waals surface area contributed by atoms with Gasteiger partial charge in [0.25, 0.3) is 0 Å². The summed E-state index contributed by atoms with van der Waals surface area (Å²) in [5, 5.41) is 3.26. The fourth-order valence-corrected chi connectivity index (χ4v) is 1.88. The SMILES string of the molecule is CN1CCN[C@@H](Cc2ccccc2)C1=O. The molecule has 0 radical (unpaired) electrons. The number of benzene rings is 1. The molecule has 1 aromatic carbocycles. The molecule has 0 aromatic heterocycles. The van der Waals surface area contributed by atoms with Gasteiger partial charge in [-0.25, -0.2) is 0 Å². The van der Waals surface area contributed by atoms with Gasteiger partial charge in [0.2, 0.25) is 5.91 Å². The number of hydrogen-bond acceptors (Lipinski definition) is 2. The van der Waals surface area contributed by atoms with Crippen LogP contribution in [0.25, 0.3) is 0 Å². The van der Waals surface area contributed by atoms with E-state index in [0.29, 0.717) is 0 Å². The first-order valence-electron chi connectivity index (χ1n) is 5.29. The first-order valence-corrected chi connectivity index (χ1v) is 5.29. The van der Waals surface area contributed by atoms with Gasteiger partial charge in [0.15, 0.2) is 0 Å². The molecule has 0 bridgehead atoms. The van der Waals surface area contributed by atoms with E-state index in [0.717, 1.165) is 19.5 Å². The van der Waals surface area contributed by atoms with Crippen molar-refractivity contribution in [2.24, 2.45) is 0 Å². The monoisotopic (exact) mass is 204 g/mol. The summed E-state index contributed by atoms with van der Waals surface area (Å²) < 4.78 is 0. The highest BCUT2D eigenvalue weighted by Gasteiger charge is 2.25. The summed E-state index contributed by atoms with van der Waals surface area (Å²) >= 11 is 0. The van der Waals surface area contributed by atoms with E-state index in [9.17, 15) is 4.79 Å². The minimum absolute atomic E-state index is 0.0499. The van der Waals surface area contributed by atoms with Gasteiger partial charge >= 0.3 is 0 Å². The highest BCUT2D eigenvalue weighted by Crippen LogP contribution is 2.07. The maximum atomic E-state index is 11.8. The Morgan fingerprint density at radius 3 is 2.87 bits per heavy atom. The Morgan fingerprint density at radius 2 is 2.13 bits per heavy atom. The van der Waals surface area contributed by atoms with Gasteiger partial charge in [-0.05, 0) is 12.0 Å². The number of rotatable bonds is 2. The second kappa shape index (κ2) is 4.45. The number of likely N-dealkylation sites (N-methyl/N-ethyl adjacent to an activating group) is 1. The van der Waals surface area contributed by atoms with Crippen LogP contribution in [0.3, 0.4) is 0 Å². The smallest absolute Gasteiger partial charge is 0.239 e. The molecule has 0 aliphatic carbocycles. The fraction of sp³-hybridized carbons (Fsp3) is 0.417. The molecule has 15 heavy (non-hydrogen) atoms. The average Bonchev–Trinajstić information content (AvgIpc) is 2.26. The van der Waals surface area contributed by atoms with Crippen molar-refractivity contribution in [1.82, 2.24) is 10.2 Å². The van der Waals surface area contributed by atoms with Crippen LogP contribution in [0, 0.1) is 0 Å². The number of nitrogens with zero attached hydrogens (tertiary/aromatic N) is 1. The quantitative estimate of drug-likeness (QED) is 0.767. The molecular formula is C12H16N2O. The molecule has 1 N–H and O–H groups in total. The van der Waals surface area contributed by atoms with E-state index in [1.807, 2.05) is 25.2 Å². The molecule has 2 rings (SSSR count). The molecule has 1 atom stereocenters. The highest BCUT2D eigenvalue weighted by atomic mass is 16.2. The van der Waals surface area contributed by atoms with Crippen LogP contribution in [0.4, 0.5) is 0 Å². The molecule has 0 unspecified atom stereocenters. The molecule has 1 aliphatic rings. The Bertz CT molecular complexity index is 337. The summed E-state index contributed by atoms with van der Waals surface area (Å²) in [5.41, 5.74) is 1.21. The minimum atomic E-state index is -0.0499. The largest absolute Gasteiger partial charge is 0.343 e. The Hall–Kier alpha value is -1.35. The molecule has 3 nitrogen and oxygen atoms in total. The van der Waals surface area contributed by atoms with Crippen molar-refractivity contribution in [2.45, 2.75) is 12.5 Å². The number of carbonyl (C=O) groups is 1. The molecular weight excluding hydrogens is 188 g/mol. The van der Waals surface area contributed by atoms with E-state index in [1.165, 1.54) is 5.56 Å². The first-order chi connectivity index (χ1) is 7.27. The van der Waals surface area contributed by atoms with E-state index < -0.39 is 0 Å². The van der Waals surface area contributed by atoms with E-state index in [-0.39, 0.29) is 11.9 Å². The van der Waals surface area contributed by atoms with Crippen LogP contribution >= 0.6 is 0 Å². The van der Waals surface area contributed by atoms with Gasteiger partial charge in [-0.15, -0.1) is 0 Å². The number of carbonyl (C=O) groups excluding carboxylic acids is 1. The summed E-state index contributed by atoms with van der Waals surface area (Å²) in [6.07, 6.45) is 0.782. The summed E-state index contributed by atoms with van der Waals surface area (Å²) in [7, 11) is 1.86. The zero-order chi connectivity index (χ0) is 10.7. The Morgan fingerprint density at radius 1 is 1.40 bits per heavy atom. The van der Waals surface area contributed by atoms with Crippen LogP contribution in [0.1, 0.15) is 5.56 Å². The average molecular weight is 204 g/mol. The van der Waals surface area contributed by atoms with Crippen LogP contribution in [0.15, 0.2) is 30.3 Å². The normalized spacial score (nSPS) is 21.8. The molecule has 0 spiro atoms. The van der Waals surface area contributed by atoms with Crippen molar-refractivity contribution in [3.63, 3.8) is 0 Å². The summed E-state index contributed by atoms with van der Waals surface area (Å²) in [5.74, 6) is 0.199. The number of piperazine rings is 1. The van der Waals surface area contributed by atoms with Crippen molar-refractivity contribution in [2.75, 3.05) is 20.1 Å². The second-order valence-electron chi connectivity index (χ2n) is 3.96. The summed E-state index contributed by atoms with van der Waals surface area (Å²) in [6, 6.07) is 10.1. The van der Waals surface area contributed by atoms with E-state index >= 15 is 0 Å². The van der Waals surface area contributed by atoms with Gasteiger partial charge in [-0.3, -0.25) is 4.79 Å². The molecule has 1 fully saturated rings. The van der Waals surface area contributed by atoms with Crippen molar-refractivity contribution >= 4 is 5.91 Å². The zero-order valence-electron chi connectivity index (χ0n) is 8.94. The van der Waals surface area contributed by atoms with Crippen LogP contribution in [0.2, 0.25) is 0 Å². The van der Waals surface area contributed by atoms with E-state index in [4.69, 9.17) is 0 Å². The van der Waals surface area contributed by atoms with Gasteiger partial charge in [-0.1, -0.05) is 30.3 Å². The van der Waals surface area contributed by atoms with Crippen molar-refractivity contribution < 1.29 is 4.79 Å². The standard InChI is InChI=1S/C12H16N2O/c1-14-8-7-13-11(12(14)15)9-10-5-3-2-4-6-10/h2-6,11,13H,7-9H2,1H3/t11-/m0/s1. The molecule has 1 heterocycles. The van der Waals surface area contributed by atoms with Gasteiger partial charge < -0.3 is 10.2 Å². The third kappa shape index (κ3) is 2.36. The number of nitrogens with one attached hydrogen (secondary N) is 1. The molecule has 1 aromatic rings. The van der Waals surface area contributed by atoms with Gasteiger partial charge in [0, 0.05) is 20.1 Å². The van der Waals surface area contributed by atoms with Crippen LogP contribution in [-0.4, -0.2) is 37.0 Å². The summed E-state index contributed by atoms with van der Waals surface area (Å²) in [6.45, 7) is 1.70. The summed E-state index contributed by atoms with van der Waals surface area (Å²) in [4.78, 5) is 13.6. The predicted molar refractivity (Wildman–Crippen MR) is 59.6 cm³/mol. The van der Waals surface area contributed by atoms with Gasteiger partial charge in [0.05, 0.1) is 6.04 Å². The maximum Gasteiger partial charge on any atom is 0.239 e. The molecule has 0 saturated carbocycles. The van der Waals surface area contributed by atoms with E-state index in [1.54, 1.807) is 4.90 Å². The zero-order valence-corrected chi connectivity index (χ0v) is 8.94. The third-order valence-corrected chi connectivity index (χ3v) is 2.79. The maximum absolute atomic E-state index is 11.8. The van der Waals surface area contributed by atoms with Gasteiger partial charge in [0.1, 0.15) is 0 Å². The highest BCUT2D eigenvalue weighted by molar-refractivity contribution is 5.82. The molecule has 1 amide bonds. The van der Waals surface area contributed by atoms with E-state index in [2.05, 4.69) is 17.4 Å². The molecule has 3 heteroatoms.